The Balaban J connectivity index is 2.78. The van der Waals surface area contributed by atoms with E-state index in [-0.39, 0.29) is 5.41 Å². The van der Waals surface area contributed by atoms with E-state index in [4.69, 9.17) is 0 Å². The minimum atomic E-state index is 0.237. The van der Waals surface area contributed by atoms with E-state index >= 15 is 0 Å². The number of hydrogen-bond acceptors (Lipinski definition) is 1. The minimum Gasteiger partial charge on any atom is -0.371 e. The number of anilines is 1. The first-order valence-corrected chi connectivity index (χ1v) is 5.88. The third-order valence-corrected chi connectivity index (χ3v) is 2.79. The lowest BCUT2D eigenvalue weighted by Crippen LogP contribution is -2.17. The molecule has 88 valence electrons. The van der Waals surface area contributed by atoms with Crippen LogP contribution in [0.4, 0.5) is 5.69 Å². The summed E-state index contributed by atoms with van der Waals surface area (Å²) in [6, 6.07) is 8.84. The predicted octanol–water partition coefficient (Wildman–Crippen LogP) is 4.00. The Kier molecular flexibility index (Phi) is 4.17. The van der Waals surface area contributed by atoms with Gasteiger partial charge in [-0.1, -0.05) is 45.1 Å². The van der Waals surface area contributed by atoms with Gasteiger partial charge in [0.2, 0.25) is 0 Å². The van der Waals surface area contributed by atoms with E-state index < -0.39 is 0 Å². The Bertz CT molecular complexity index is 341. The summed E-state index contributed by atoms with van der Waals surface area (Å²) < 4.78 is 0. The fraction of sp³-hybridized carbons (Fsp3) is 0.467. The van der Waals surface area contributed by atoms with Crippen LogP contribution in [0.25, 0.3) is 0 Å². The summed E-state index contributed by atoms with van der Waals surface area (Å²) in [5, 5.41) is 0. The van der Waals surface area contributed by atoms with Crippen LogP contribution in [0.5, 0.6) is 0 Å². The van der Waals surface area contributed by atoms with E-state index in [9.17, 15) is 0 Å². The third kappa shape index (κ3) is 3.41. The molecule has 0 saturated carbocycles. The zero-order chi connectivity index (χ0) is 12.2. The second-order valence-electron chi connectivity index (χ2n) is 5.25. The Hall–Kier alpha value is -1.24. The van der Waals surface area contributed by atoms with Crippen LogP contribution in [0.2, 0.25) is 0 Å². The van der Waals surface area contributed by atoms with Gasteiger partial charge in [-0.15, -0.1) is 0 Å². The van der Waals surface area contributed by atoms with Crippen molar-refractivity contribution in [1.29, 1.82) is 0 Å². The molecule has 0 fully saturated rings. The molecule has 0 N–H and O–H groups in total. The lowest BCUT2D eigenvalue weighted by atomic mass is 9.87. The number of rotatable bonds is 3. The van der Waals surface area contributed by atoms with E-state index in [0.717, 1.165) is 6.54 Å². The average molecular weight is 217 g/mol. The Morgan fingerprint density at radius 2 is 1.69 bits per heavy atom. The second-order valence-corrected chi connectivity index (χ2v) is 5.25. The standard InChI is InChI=1S/C15H23N/c1-6-7-12-16(5)14-10-8-13(9-11-14)15(2,3)4/h6-11H,12H2,1-5H3/b7-6+. The molecule has 0 spiro atoms. The highest BCUT2D eigenvalue weighted by molar-refractivity contribution is 5.48. The second kappa shape index (κ2) is 5.20. The molecular weight excluding hydrogens is 194 g/mol. The summed E-state index contributed by atoms with van der Waals surface area (Å²) >= 11 is 0. The van der Waals surface area contributed by atoms with Gasteiger partial charge in [0.25, 0.3) is 0 Å². The Morgan fingerprint density at radius 3 is 2.12 bits per heavy atom. The van der Waals surface area contributed by atoms with Crippen LogP contribution in [-0.2, 0) is 5.41 Å². The maximum Gasteiger partial charge on any atom is 0.0366 e. The summed E-state index contributed by atoms with van der Waals surface area (Å²) in [4.78, 5) is 2.24. The maximum absolute atomic E-state index is 2.24. The summed E-state index contributed by atoms with van der Waals surface area (Å²) in [6.45, 7) is 9.74. The zero-order valence-corrected chi connectivity index (χ0v) is 11.1. The van der Waals surface area contributed by atoms with Crippen LogP contribution in [0.15, 0.2) is 36.4 Å². The quantitative estimate of drug-likeness (QED) is 0.692. The SMILES string of the molecule is C/C=C/CN(C)c1ccc(C(C)(C)C)cc1. The van der Waals surface area contributed by atoms with Crippen molar-refractivity contribution in [2.75, 3.05) is 18.5 Å². The van der Waals surface area contributed by atoms with Gasteiger partial charge in [-0.25, -0.2) is 0 Å². The van der Waals surface area contributed by atoms with Crippen molar-refractivity contribution >= 4 is 5.69 Å². The monoisotopic (exact) mass is 217 g/mol. The lowest BCUT2D eigenvalue weighted by Gasteiger charge is -2.22. The molecular formula is C15H23N. The number of benzene rings is 1. The van der Waals surface area contributed by atoms with Crippen molar-refractivity contribution in [3.05, 3.63) is 42.0 Å². The van der Waals surface area contributed by atoms with Gasteiger partial charge in [0.05, 0.1) is 0 Å². The molecule has 0 heterocycles. The van der Waals surface area contributed by atoms with Crippen LogP contribution >= 0.6 is 0 Å². The number of nitrogens with zero attached hydrogens (tertiary/aromatic N) is 1. The molecule has 0 radical (unpaired) electrons. The fourth-order valence-electron chi connectivity index (χ4n) is 1.58. The van der Waals surface area contributed by atoms with Gasteiger partial charge in [-0.2, -0.15) is 0 Å². The molecule has 0 aromatic heterocycles. The van der Waals surface area contributed by atoms with Gasteiger partial charge in [-0.3, -0.25) is 0 Å². The molecule has 1 heteroatoms. The van der Waals surface area contributed by atoms with E-state index in [0.29, 0.717) is 0 Å². The van der Waals surface area contributed by atoms with Crippen LogP contribution < -0.4 is 4.90 Å². The summed E-state index contributed by atoms with van der Waals surface area (Å²) in [6.07, 6.45) is 4.25. The first-order valence-electron chi connectivity index (χ1n) is 5.88. The van der Waals surface area contributed by atoms with Crippen molar-refractivity contribution < 1.29 is 0 Å². The summed E-state index contributed by atoms with van der Waals surface area (Å²) in [5.74, 6) is 0. The highest BCUT2D eigenvalue weighted by Crippen LogP contribution is 2.24. The lowest BCUT2D eigenvalue weighted by molar-refractivity contribution is 0.590. The fourth-order valence-corrected chi connectivity index (χ4v) is 1.58. The van der Waals surface area contributed by atoms with Crippen molar-refractivity contribution in [2.24, 2.45) is 0 Å². The third-order valence-electron chi connectivity index (χ3n) is 2.79. The van der Waals surface area contributed by atoms with Crippen molar-refractivity contribution in [2.45, 2.75) is 33.1 Å². The molecule has 1 nitrogen and oxygen atoms in total. The normalized spacial score (nSPS) is 12.1. The Labute approximate surface area is 99.8 Å². The van der Waals surface area contributed by atoms with Gasteiger partial charge in [0.1, 0.15) is 0 Å². The van der Waals surface area contributed by atoms with Crippen molar-refractivity contribution in [1.82, 2.24) is 0 Å². The molecule has 0 aliphatic heterocycles. The molecule has 0 bridgehead atoms. The molecule has 1 aromatic carbocycles. The first-order chi connectivity index (χ1) is 7.45. The van der Waals surface area contributed by atoms with Crippen LogP contribution in [0.3, 0.4) is 0 Å². The number of allylic oxidation sites excluding steroid dienone is 1. The molecule has 0 aliphatic carbocycles. The molecule has 1 aromatic rings. The highest BCUT2D eigenvalue weighted by atomic mass is 15.1. The van der Waals surface area contributed by atoms with Crippen LogP contribution in [0, 0.1) is 0 Å². The molecule has 0 unspecified atom stereocenters. The van der Waals surface area contributed by atoms with E-state index in [1.807, 2.05) is 0 Å². The van der Waals surface area contributed by atoms with Crippen LogP contribution in [-0.4, -0.2) is 13.6 Å². The number of likely N-dealkylation sites (N-methyl/N-ethyl adjacent to an activating group) is 1. The maximum atomic E-state index is 2.24. The topological polar surface area (TPSA) is 3.24 Å². The highest BCUT2D eigenvalue weighted by Gasteiger charge is 2.13. The minimum absolute atomic E-state index is 0.237. The molecule has 0 amide bonds. The molecule has 0 aliphatic rings. The largest absolute Gasteiger partial charge is 0.371 e. The van der Waals surface area contributed by atoms with Gasteiger partial charge < -0.3 is 4.90 Å². The Morgan fingerprint density at radius 1 is 1.12 bits per heavy atom. The van der Waals surface area contributed by atoms with Gasteiger partial charge >= 0.3 is 0 Å². The average Bonchev–Trinajstić information content (AvgIpc) is 2.25. The van der Waals surface area contributed by atoms with E-state index in [2.05, 4.69) is 76.1 Å². The van der Waals surface area contributed by atoms with Crippen LogP contribution in [0.1, 0.15) is 33.3 Å². The number of hydrogen-bond donors (Lipinski definition) is 0. The summed E-state index contributed by atoms with van der Waals surface area (Å²) in [7, 11) is 2.12. The predicted molar refractivity (Wildman–Crippen MR) is 73.2 cm³/mol. The first kappa shape index (κ1) is 12.8. The smallest absolute Gasteiger partial charge is 0.0366 e. The van der Waals surface area contributed by atoms with E-state index in [1.54, 1.807) is 0 Å². The summed E-state index contributed by atoms with van der Waals surface area (Å²) in [5.41, 5.74) is 2.89. The molecule has 16 heavy (non-hydrogen) atoms. The molecule has 0 saturated heterocycles. The molecule has 0 atom stereocenters. The van der Waals surface area contributed by atoms with Crippen molar-refractivity contribution in [3.63, 3.8) is 0 Å². The van der Waals surface area contributed by atoms with Gasteiger partial charge in [-0.05, 0) is 30.0 Å². The van der Waals surface area contributed by atoms with E-state index in [1.165, 1.54) is 11.3 Å². The zero-order valence-electron chi connectivity index (χ0n) is 11.1. The van der Waals surface area contributed by atoms with Gasteiger partial charge in [0.15, 0.2) is 0 Å². The molecule has 1 rings (SSSR count). The van der Waals surface area contributed by atoms with Crippen molar-refractivity contribution in [3.8, 4) is 0 Å². The van der Waals surface area contributed by atoms with Gasteiger partial charge in [0, 0.05) is 19.3 Å².